The van der Waals surface area contributed by atoms with Crippen LogP contribution in [0.15, 0.2) is 0 Å². The number of hydrogen-bond acceptors (Lipinski definition) is 6. The van der Waals surface area contributed by atoms with E-state index in [0.29, 0.717) is 12.8 Å². The molecule has 5 unspecified atom stereocenters. The van der Waals surface area contributed by atoms with Crippen molar-refractivity contribution in [2.24, 2.45) is 23.5 Å². The van der Waals surface area contributed by atoms with Crippen LogP contribution in [0.3, 0.4) is 0 Å². The molecule has 0 bridgehead atoms. The molecule has 0 aromatic heterocycles. The Labute approximate surface area is 195 Å². The number of carboxylic acid groups (broad SMARTS) is 2. The minimum atomic E-state index is -1.64. The van der Waals surface area contributed by atoms with E-state index in [0.717, 1.165) is 0 Å². The van der Waals surface area contributed by atoms with Crippen LogP contribution in [0.2, 0.25) is 0 Å². The third-order valence-electron chi connectivity index (χ3n) is 5.19. The van der Waals surface area contributed by atoms with Crippen LogP contribution in [0.5, 0.6) is 0 Å². The number of carbonyl (C=O) groups is 5. The number of hydrogen-bond donors (Lipinski definition) is 6. The van der Waals surface area contributed by atoms with Gasteiger partial charge >= 0.3 is 11.9 Å². The number of nitrogens with two attached hydrogens (primary N) is 1. The molecule has 11 nitrogen and oxygen atoms in total. The van der Waals surface area contributed by atoms with Crippen molar-refractivity contribution in [3.05, 3.63) is 0 Å². The summed E-state index contributed by atoms with van der Waals surface area (Å²) in [6.07, 6.45) is 0.394. The summed E-state index contributed by atoms with van der Waals surface area (Å²) in [7, 11) is 0. The van der Waals surface area contributed by atoms with Gasteiger partial charge in [-0.1, -0.05) is 48.0 Å². The number of carbonyl (C=O) groups excluding carboxylic acids is 3. The van der Waals surface area contributed by atoms with Crippen LogP contribution in [0.4, 0.5) is 0 Å². The molecule has 7 N–H and O–H groups in total. The molecule has 0 spiro atoms. The fraction of sp³-hybridized carbons (Fsp3) is 0.773. The molecule has 33 heavy (non-hydrogen) atoms. The Hall–Kier alpha value is -2.69. The van der Waals surface area contributed by atoms with Crippen molar-refractivity contribution < 1.29 is 34.2 Å². The van der Waals surface area contributed by atoms with Gasteiger partial charge in [-0.3, -0.25) is 19.2 Å². The van der Waals surface area contributed by atoms with Gasteiger partial charge in [-0.05, 0) is 30.6 Å². The quantitative estimate of drug-likeness (QED) is 0.198. The molecule has 5 atom stereocenters. The van der Waals surface area contributed by atoms with Gasteiger partial charge < -0.3 is 31.9 Å². The van der Waals surface area contributed by atoms with Gasteiger partial charge in [0.15, 0.2) is 0 Å². The highest BCUT2D eigenvalue weighted by Crippen LogP contribution is 2.12. The summed E-state index contributed by atoms with van der Waals surface area (Å²) in [5.74, 6) is -4.87. The molecule has 0 aliphatic carbocycles. The van der Waals surface area contributed by atoms with Gasteiger partial charge in [-0.15, -0.1) is 0 Å². The lowest BCUT2D eigenvalue weighted by Crippen LogP contribution is -2.59. The molecule has 11 heteroatoms. The summed E-state index contributed by atoms with van der Waals surface area (Å²) in [4.78, 5) is 60.5. The van der Waals surface area contributed by atoms with E-state index >= 15 is 0 Å². The van der Waals surface area contributed by atoms with Gasteiger partial charge in [0.25, 0.3) is 0 Å². The van der Waals surface area contributed by atoms with Crippen LogP contribution < -0.4 is 21.7 Å². The number of aliphatic carboxylic acids is 2. The summed E-state index contributed by atoms with van der Waals surface area (Å²) in [6, 6.07) is -4.48. The second-order valence-electron chi connectivity index (χ2n) is 9.30. The minimum absolute atomic E-state index is 0.0418. The Morgan fingerprint density at radius 3 is 1.70 bits per heavy atom. The average molecular weight is 473 g/mol. The molecule has 0 saturated heterocycles. The van der Waals surface area contributed by atoms with Crippen LogP contribution >= 0.6 is 0 Å². The highest BCUT2D eigenvalue weighted by Gasteiger charge is 2.33. The highest BCUT2D eigenvalue weighted by atomic mass is 16.4. The number of nitrogens with one attached hydrogen (secondary N) is 3. The molecule has 0 aliphatic rings. The van der Waals surface area contributed by atoms with Crippen LogP contribution in [-0.4, -0.2) is 64.0 Å². The second kappa shape index (κ2) is 14.5. The van der Waals surface area contributed by atoms with Crippen molar-refractivity contribution in [3.63, 3.8) is 0 Å². The third kappa shape index (κ3) is 11.7. The van der Waals surface area contributed by atoms with E-state index in [9.17, 15) is 29.1 Å². The summed E-state index contributed by atoms with van der Waals surface area (Å²) in [5.41, 5.74) is 5.94. The van der Waals surface area contributed by atoms with Crippen molar-refractivity contribution >= 4 is 29.7 Å². The van der Waals surface area contributed by atoms with Crippen LogP contribution in [0.1, 0.15) is 67.2 Å². The predicted octanol–water partition coefficient (Wildman–Crippen LogP) is 0.466. The molecule has 0 aromatic carbocycles. The fourth-order valence-electron chi connectivity index (χ4n) is 3.19. The van der Waals surface area contributed by atoms with Crippen LogP contribution in [0.25, 0.3) is 0 Å². The monoisotopic (exact) mass is 472 g/mol. The molecule has 0 saturated carbocycles. The third-order valence-corrected chi connectivity index (χ3v) is 5.19. The molecule has 0 aromatic rings. The molecule has 190 valence electrons. The van der Waals surface area contributed by atoms with Crippen molar-refractivity contribution in [2.75, 3.05) is 0 Å². The van der Waals surface area contributed by atoms with Crippen molar-refractivity contribution in [3.8, 4) is 0 Å². The molecule has 0 fully saturated rings. The first-order chi connectivity index (χ1) is 15.2. The molecule has 0 aliphatic heterocycles. The zero-order chi connectivity index (χ0) is 25.9. The zero-order valence-electron chi connectivity index (χ0n) is 20.4. The number of amides is 3. The minimum Gasteiger partial charge on any atom is -0.481 e. The molecule has 0 radical (unpaired) electrons. The Morgan fingerprint density at radius 2 is 1.27 bits per heavy atom. The fourth-order valence-corrected chi connectivity index (χ4v) is 3.19. The number of rotatable bonds is 15. The van der Waals surface area contributed by atoms with Gasteiger partial charge in [0.1, 0.15) is 18.1 Å². The summed E-state index contributed by atoms with van der Waals surface area (Å²) in [5, 5.41) is 25.5. The van der Waals surface area contributed by atoms with E-state index < -0.39 is 60.2 Å². The standard InChI is InChI=1S/C22H40N4O7/c1-7-13(6)18(26-19(29)14(23)8-11(2)3)21(31)24-15(9-12(4)5)20(30)25-16(22(32)33)10-17(27)28/h11-16,18H,7-10,23H2,1-6H3,(H,24,31)(H,25,30)(H,26,29)(H,27,28)(H,32,33). The van der Waals surface area contributed by atoms with E-state index in [2.05, 4.69) is 16.0 Å². The lowest BCUT2D eigenvalue weighted by atomic mass is 9.95. The highest BCUT2D eigenvalue weighted by molar-refractivity contribution is 5.94. The predicted molar refractivity (Wildman–Crippen MR) is 122 cm³/mol. The number of carboxylic acids is 2. The molecule has 0 heterocycles. The largest absolute Gasteiger partial charge is 0.481 e. The summed E-state index contributed by atoms with van der Waals surface area (Å²) >= 11 is 0. The first kappa shape index (κ1) is 30.3. The van der Waals surface area contributed by atoms with Gasteiger partial charge in [0.2, 0.25) is 17.7 Å². The summed E-state index contributed by atoms with van der Waals surface area (Å²) < 4.78 is 0. The Balaban J connectivity index is 5.57. The lowest BCUT2D eigenvalue weighted by Gasteiger charge is -2.28. The maximum Gasteiger partial charge on any atom is 0.326 e. The van der Waals surface area contributed by atoms with Gasteiger partial charge in [0, 0.05) is 0 Å². The van der Waals surface area contributed by atoms with Crippen molar-refractivity contribution in [2.45, 2.75) is 91.4 Å². The van der Waals surface area contributed by atoms with E-state index in [1.54, 1.807) is 6.92 Å². The van der Waals surface area contributed by atoms with Crippen molar-refractivity contribution in [1.82, 2.24) is 16.0 Å². The lowest BCUT2D eigenvalue weighted by molar-refractivity contribution is -0.147. The van der Waals surface area contributed by atoms with Gasteiger partial charge in [0.05, 0.1) is 12.5 Å². The second-order valence-corrected chi connectivity index (χ2v) is 9.30. The topological polar surface area (TPSA) is 188 Å². The van der Waals surface area contributed by atoms with E-state index in [1.165, 1.54) is 0 Å². The van der Waals surface area contributed by atoms with E-state index in [4.69, 9.17) is 10.8 Å². The Morgan fingerprint density at radius 1 is 0.758 bits per heavy atom. The maximum absolute atomic E-state index is 13.1. The molecular weight excluding hydrogens is 432 g/mol. The van der Waals surface area contributed by atoms with Gasteiger partial charge in [-0.25, -0.2) is 4.79 Å². The maximum atomic E-state index is 13.1. The first-order valence-electron chi connectivity index (χ1n) is 11.3. The summed E-state index contributed by atoms with van der Waals surface area (Å²) in [6.45, 7) is 11.1. The van der Waals surface area contributed by atoms with Crippen LogP contribution in [0, 0.1) is 17.8 Å². The first-order valence-corrected chi connectivity index (χ1v) is 11.3. The molecule has 0 rings (SSSR count). The molecule has 3 amide bonds. The average Bonchev–Trinajstić information content (AvgIpc) is 2.68. The Kier molecular flexibility index (Phi) is 13.3. The van der Waals surface area contributed by atoms with Crippen LogP contribution in [-0.2, 0) is 24.0 Å². The van der Waals surface area contributed by atoms with Gasteiger partial charge in [-0.2, -0.15) is 0 Å². The zero-order valence-corrected chi connectivity index (χ0v) is 20.4. The molecular formula is C22H40N4O7. The van der Waals surface area contributed by atoms with Crippen molar-refractivity contribution in [1.29, 1.82) is 0 Å². The Bertz CT molecular complexity index is 696. The SMILES string of the molecule is CCC(C)C(NC(=O)C(N)CC(C)C)C(=O)NC(CC(C)C)C(=O)NC(CC(=O)O)C(=O)O. The van der Waals surface area contributed by atoms with E-state index in [1.807, 2.05) is 34.6 Å². The smallest absolute Gasteiger partial charge is 0.326 e. The normalized spacial score (nSPS) is 15.8. The van der Waals surface area contributed by atoms with E-state index in [-0.39, 0.29) is 24.2 Å².